The molecular weight excluding hydrogens is 382 g/mol. The van der Waals surface area contributed by atoms with E-state index in [0.29, 0.717) is 0 Å². The third-order valence-corrected chi connectivity index (χ3v) is 5.88. The Balaban J connectivity index is 1.52. The maximum absolute atomic E-state index is 12.9. The van der Waals surface area contributed by atoms with E-state index >= 15 is 0 Å². The monoisotopic (exact) mass is 407 g/mol. The van der Waals surface area contributed by atoms with Gasteiger partial charge in [-0.2, -0.15) is 0 Å². The molecule has 4 amide bonds. The van der Waals surface area contributed by atoms with E-state index in [9.17, 15) is 14.4 Å². The number of imide groups is 1. The fraction of sp³-hybridized carbons (Fsp3) is 0.348. The van der Waals surface area contributed by atoms with E-state index in [4.69, 9.17) is 4.74 Å². The molecule has 1 saturated carbocycles. The summed E-state index contributed by atoms with van der Waals surface area (Å²) in [4.78, 5) is 39.0. The Labute approximate surface area is 175 Å². The highest BCUT2D eigenvalue weighted by Crippen LogP contribution is 2.42. The normalized spacial score (nSPS) is 21.9. The van der Waals surface area contributed by atoms with E-state index in [1.807, 2.05) is 54.6 Å². The standard InChI is InChI=1S/C23H25N3O4/c1-23(17-10-11-17)21(28)26(22(29)25-23)14-19(27)24-20(15-6-4-3-5-7-15)16-8-12-18(30-2)13-9-16/h3-9,12-13,17,20H,10-11,14H2,1-2H3,(H,24,27)(H,25,29)/t20-,23-/m1/s1. The summed E-state index contributed by atoms with van der Waals surface area (Å²) >= 11 is 0. The summed E-state index contributed by atoms with van der Waals surface area (Å²) in [6, 6.07) is 16.1. The van der Waals surface area contributed by atoms with Crippen LogP contribution in [0.15, 0.2) is 54.6 Å². The van der Waals surface area contributed by atoms with Crippen molar-refractivity contribution in [1.82, 2.24) is 15.5 Å². The van der Waals surface area contributed by atoms with Crippen molar-refractivity contribution in [2.75, 3.05) is 13.7 Å². The number of nitrogens with one attached hydrogen (secondary N) is 2. The minimum atomic E-state index is -0.897. The zero-order valence-electron chi connectivity index (χ0n) is 17.1. The SMILES string of the molecule is COc1ccc([C@H](NC(=O)CN2C(=O)N[C@](C)(C3CC3)C2=O)c2ccccc2)cc1. The molecule has 2 N–H and O–H groups in total. The van der Waals surface area contributed by atoms with Crippen LogP contribution in [-0.4, -0.2) is 41.9 Å². The molecule has 1 heterocycles. The van der Waals surface area contributed by atoms with E-state index in [1.54, 1.807) is 14.0 Å². The first-order valence-corrected chi connectivity index (χ1v) is 10.0. The fourth-order valence-electron chi connectivity index (χ4n) is 3.95. The Hall–Kier alpha value is -3.35. The van der Waals surface area contributed by atoms with Crippen molar-refractivity contribution >= 4 is 17.8 Å². The number of benzene rings is 2. The number of methoxy groups -OCH3 is 1. The van der Waals surface area contributed by atoms with Gasteiger partial charge in [-0.25, -0.2) is 4.79 Å². The van der Waals surface area contributed by atoms with Gasteiger partial charge in [0.1, 0.15) is 17.8 Å². The molecule has 30 heavy (non-hydrogen) atoms. The van der Waals surface area contributed by atoms with Crippen LogP contribution in [0.2, 0.25) is 0 Å². The van der Waals surface area contributed by atoms with E-state index in [2.05, 4.69) is 10.6 Å². The molecule has 2 fully saturated rings. The van der Waals surface area contributed by atoms with Crippen LogP contribution >= 0.6 is 0 Å². The summed E-state index contributed by atoms with van der Waals surface area (Å²) in [5, 5.41) is 5.74. The molecule has 2 aliphatic rings. The second-order valence-corrected chi connectivity index (χ2v) is 7.98. The van der Waals surface area contributed by atoms with Crippen LogP contribution in [0.4, 0.5) is 4.79 Å². The Morgan fingerprint density at radius 3 is 2.37 bits per heavy atom. The molecule has 1 saturated heterocycles. The summed E-state index contributed by atoms with van der Waals surface area (Å²) in [7, 11) is 1.60. The first-order valence-electron chi connectivity index (χ1n) is 10.0. The highest BCUT2D eigenvalue weighted by atomic mass is 16.5. The van der Waals surface area contributed by atoms with Gasteiger partial charge in [0.2, 0.25) is 5.91 Å². The highest BCUT2D eigenvalue weighted by molar-refractivity contribution is 6.09. The largest absolute Gasteiger partial charge is 0.497 e. The molecule has 7 nitrogen and oxygen atoms in total. The Kier molecular flexibility index (Phi) is 5.20. The minimum absolute atomic E-state index is 0.151. The van der Waals surface area contributed by atoms with Gasteiger partial charge < -0.3 is 15.4 Å². The van der Waals surface area contributed by atoms with Crippen molar-refractivity contribution in [3.63, 3.8) is 0 Å². The van der Waals surface area contributed by atoms with Crippen molar-refractivity contribution in [3.05, 3.63) is 65.7 Å². The summed E-state index contributed by atoms with van der Waals surface area (Å²) in [6.07, 6.45) is 1.83. The third-order valence-electron chi connectivity index (χ3n) is 5.88. The van der Waals surface area contributed by atoms with Crippen LogP contribution < -0.4 is 15.4 Å². The maximum Gasteiger partial charge on any atom is 0.325 e. The first kappa shape index (κ1) is 19.9. The maximum atomic E-state index is 12.9. The van der Waals surface area contributed by atoms with Crippen LogP contribution in [0.3, 0.4) is 0 Å². The average Bonchev–Trinajstić information content (AvgIpc) is 3.59. The molecule has 7 heteroatoms. The molecule has 0 bridgehead atoms. The zero-order chi connectivity index (χ0) is 21.3. The lowest BCUT2D eigenvalue weighted by atomic mass is 9.96. The van der Waals surface area contributed by atoms with Crippen molar-refractivity contribution < 1.29 is 19.1 Å². The molecule has 156 valence electrons. The molecule has 1 aliphatic heterocycles. The topological polar surface area (TPSA) is 87.7 Å². The number of carbonyl (C=O) groups excluding carboxylic acids is 3. The lowest BCUT2D eigenvalue weighted by Crippen LogP contribution is -2.47. The Bertz CT molecular complexity index is 956. The predicted octanol–water partition coefficient (Wildman–Crippen LogP) is 2.62. The number of hydrogen-bond donors (Lipinski definition) is 2. The number of nitrogens with zero attached hydrogens (tertiary/aromatic N) is 1. The van der Waals surface area contributed by atoms with Crippen LogP contribution in [0.5, 0.6) is 5.75 Å². The number of ether oxygens (including phenoxy) is 1. The van der Waals surface area contributed by atoms with Crippen molar-refractivity contribution in [2.24, 2.45) is 5.92 Å². The predicted molar refractivity (Wildman–Crippen MR) is 111 cm³/mol. The molecule has 2 aromatic carbocycles. The molecule has 2 aromatic rings. The number of urea groups is 1. The molecule has 1 aliphatic carbocycles. The van der Waals surface area contributed by atoms with Gasteiger partial charge in [-0.3, -0.25) is 14.5 Å². The first-order chi connectivity index (χ1) is 14.4. The van der Waals surface area contributed by atoms with Gasteiger partial charge in [-0.05, 0) is 48.9 Å². The number of amides is 4. The van der Waals surface area contributed by atoms with Gasteiger partial charge in [-0.15, -0.1) is 0 Å². The molecule has 0 aromatic heterocycles. The molecule has 2 atom stereocenters. The Morgan fingerprint density at radius 2 is 1.77 bits per heavy atom. The van der Waals surface area contributed by atoms with Crippen LogP contribution in [0.25, 0.3) is 0 Å². The van der Waals surface area contributed by atoms with E-state index in [0.717, 1.165) is 34.6 Å². The number of hydrogen-bond acceptors (Lipinski definition) is 4. The summed E-state index contributed by atoms with van der Waals surface area (Å²) in [5.41, 5.74) is 0.873. The summed E-state index contributed by atoms with van der Waals surface area (Å²) in [5.74, 6) is 0.142. The Morgan fingerprint density at radius 1 is 1.13 bits per heavy atom. The van der Waals surface area contributed by atoms with Gasteiger partial charge in [0.05, 0.1) is 13.2 Å². The van der Waals surface area contributed by atoms with E-state index in [-0.39, 0.29) is 18.4 Å². The van der Waals surface area contributed by atoms with Gasteiger partial charge in [-0.1, -0.05) is 42.5 Å². The minimum Gasteiger partial charge on any atom is -0.497 e. The number of rotatable bonds is 7. The lowest BCUT2D eigenvalue weighted by Gasteiger charge is -2.23. The highest BCUT2D eigenvalue weighted by Gasteiger charge is 2.56. The fourth-order valence-corrected chi connectivity index (χ4v) is 3.95. The quantitative estimate of drug-likeness (QED) is 0.691. The second-order valence-electron chi connectivity index (χ2n) is 7.98. The molecule has 0 unspecified atom stereocenters. The summed E-state index contributed by atoms with van der Waals surface area (Å²) in [6.45, 7) is 1.43. The average molecular weight is 407 g/mol. The van der Waals surface area contributed by atoms with Crippen molar-refractivity contribution in [1.29, 1.82) is 0 Å². The number of carbonyl (C=O) groups is 3. The van der Waals surface area contributed by atoms with E-state index < -0.39 is 23.5 Å². The summed E-state index contributed by atoms with van der Waals surface area (Å²) < 4.78 is 5.22. The third kappa shape index (κ3) is 3.75. The van der Waals surface area contributed by atoms with Gasteiger partial charge in [0.25, 0.3) is 5.91 Å². The second kappa shape index (κ2) is 7.82. The zero-order valence-corrected chi connectivity index (χ0v) is 17.1. The van der Waals surface area contributed by atoms with Crippen LogP contribution in [0, 0.1) is 5.92 Å². The molecule has 0 radical (unpaired) electrons. The van der Waals surface area contributed by atoms with Gasteiger partial charge in [0, 0.05) is 0 Å². The van der Waals surface area contributed by atoms with Crippen LogP contribution in [-0.2, 0) is 9.59 Å². The van der Waals surface area contributed by atoms with Crippen LogP contribution in [0.1, 0.15) is 36.9 Å². The molecule has 4 rings (SSSR count). The van der Waals surface area contributed by atoms with Gasteiger partial charge >= 0.3 is 6.03 Å². The lowest BCUT2D eigenvalue weighted by molar-refractivity contribution is -0.135. The van der Waals surface area contributed by atoms with Crippen molar-refractivity contribution in [3.8, 4) is 5.75 Å². The van der Waals surface area contributed by atoms with Gasteiger partial charge in [0.15, 0.2) is 0 Å². The van der Waals surface area contributed by atoms with E-state index in [1.165, 1.54) is 0 Å². The molecule has 0 spiro atoms. The van der Waals surface area contributed by atoms with Crippen molar-refractivity contribution in [2.45, 2.75) is 31.3 Å². The smallest absolute Gasteiger partial charge is 0.325 e. The molecular formula is C23H25N3O4.